The topological polar surface area (TPSA) is 64.2 Å². The molecule has 1 unspecified atom stereocenters. The van der Waals surface area contributed by atoms with Gasteiger partial charge >= 0.3 is 0 Å². The van der Waals surface area contributed by atoms with Gasteiger partial charge in [0.25, 0.3) is 5.91 Å². The van der Waals surface area contributed by atoms with Crippen LogP contribution in [0, 0.1) is 13.8 Å². The van der Waals surface area contributed by atoms with Crippen molar-refractivity contribution < 1.29 is 4.79 Å². The number of hydrogen-bond donors (Lipinski definition) is 1. The fraction of sp³-hybridized carbons (Fsp3) is 0.636. The summed E-state index contributed by atoms with van der Waals surface area (Å²) >= 11 is 0. The molecule has 0 bridgehead atoms. The third-order valence-corrected chi connectivity index (χ3v) is 2.63. The predicted octanol–water partition coefficient (Wildman–Crippen LogP) is 0.456. The second-order valence-corrected chi connectivity index (χ2v) is 4.33. The number of hydrogen-bond acceptors (Lipinski definition) is 3. The van der Waals surface area contributed by atoms with Crippen molar-refractivity contribution in [1.82, 2.24) is 14.7 Å². The Morgan fingerprint density at radius 3 is 2.50 bits per heavy atom. The number of rotatable bonds is 3. The molecule has 0 saturated carbocycles. The first-order chi connectivity index (χ1) is 7.34. The number of aromatic nitrogens is 2. The van der Waals surface area contributed by atoms with E-state index in [2.05, 4.69) is 5.10 Å². The molecule has 1 aromatic heterocycles. The summed E-state index contributed by atoms with van der Waals surface area (Å²) in [6.45, 7) is 6.17. The van der Waals surface area contributed by atoms with Crippen molar-refractivity contribution >= 4 is 5.91 Å². The number of aryl methyl sites for hydroxylation is 2. The minimum absolute atomic E-state index is 0.0135. The second kappa shape index (κ2) is 4.65. The Hall–Kier alpha value is -1.36. The van der Waals surface area contributed by atoms with Gasteiger partial charge in [-0.3, -0.25) is 9.48 Å². The molecule has 0 aliphatic rings. The molecule has 90 valence electrons. The molecule has 0 aromatic carbocycles. The molecule has 1 heterocycles. The Bertz CT molecular complexity index is 395. The molecule has 1 rings (SSSR count). The summed E-state index contributed by atoms with van der Waals surface area (Å²) in [5.41, 5.74) is 8.01. The van der Waals surface area contributed by atoms with E-state index in [4.69, 9.17) is 5.73 Å². The van der Waals surface area contributed by atoms with Crippen molar-refractivity contribution in [3.8, 4) is 0 Å². The largest absolute Gasteiger partial charge is 0.340 e. The third kappa shape index (κ3) is 2.41. The number of carbonyl (C=O) groups excluding carboxylic acids is 1. The Kier molecular flexibility index (Phi) is 3.70. The lowest BCUT2D eigenvalue weighted by Crippen LogP contribution is -2.37. The molecule has 0 saturated heterocycles. The Labute approximate surface area is 96.2 Å². The lowest BCUT2D eigenvalue weighted by atomic mass is 10.1. The number of amides is 1. The smallest absolute Gasteiger partial charge is 0.257 e. The Morgan fingerprint density at radius 2 is 2.12 bits per heavy atom. The minimum atomic E-state index is -0.0220. The van der Waals surface area contributed by atoms with Gasteiger partial charge in [-0.15, -0.1) is 0 Å². The predicted molar refractivity (Wildman–Crippen MR) is 63.3 cm³/mol. The first kappa shape index (κ1) is 12.7. The van der Waals surface area contributed by atoms with Gasteiger partial charge in [-0.2, -0.15) is 5.10 Å². The number of nitrogens with two attached hydrogens (primary N) is 1. The standard InChI is InChI=1S/C11H20N4O/c1-7(12)6-14(4)11(16)10-8(2)13-15(5)9(10)3/h7H,6,12H2,1-5H3. The molecule has 2 N–H and O–H groups in total. The quantitative estimate of drug-likeness (QED) is 0.811. The van der Waals surface area contributed by atoms with Crippen LogP contribution in [-0.2, 0) is 7.05 Å². The highest BCUT2D eigenvalue weighted by atomic mass is 16.2. The average molecular weight is 224 g/mol. The molecular weight excluding hydrogens is 204 g/mol. The summed E-state index contributed by atoms with van der Waals surface area (Å²) in [6, 6.07) is -0.0220. The molecule has 16 heavy (non-hydrogen) atoms. The lowest BCUT2D eigenvalue weighted by Gasteiger charge is -2.19. The van der Waals surface area contributed by atoms with E-state index in [1.807, 2.05) is 27.8 Å². The highest BCUT2D eigenvalue weighted by molar-refractivity contribution is 5.96. The minimum Gasteiger partial charge on any atom is -0.340 e. The summed E-state index contributed by atoms with van der Waals surface area (Å²) < 4.78 is 1.72. The summed E-state index contributed by atoms with van der Waals surface area (Å²) in [4.78, 5) is 13.8. The van der Waals surface area contributed by atoms with Crippen molar-refractivity contribution in [2.45, 2.75) is 26.8 Å². The van der Waals surface area contributed by atoms with Crippen LogP contribution in [0.2, 0.25) is 0 Å². The van der Waals surface area contributed by atoms with E-state index in [1.165, 1.54) is 0 Å². The van der Waals surface area contributed by atoms with Crippen LogP contribution >= 0.6 is 0 Å². The monoisotopic (exact) mass is 224 g/mol. The lowest BCUT2D eigenvalue weighted by molar-refractivity contribution is 0.0787. The molecule has 1 aromatic rings. The van der Waals surface area contributed by atoms with Gasteiger partial charge in [-0.1, -0.05) is 0 Å². The SMILES string of the molecule is Cc1nn(C)c(C)c1C(=O)N(C)CC(C)N. The molecule has 1 amide bonds. The van der Waals surface area contributed by atoms with E-state index >= 15 is 0 Å². The van der Waals surface area contributed by atoms with Crippen molar-refractivity contribution in [1.29, 1.82) is 0 Å². The van der Waals surface area contributed by atoms with Crippen molar-refractivity contribution in [3.63, 3.8) is 0 Å². The highest BCUT2D eigenvalue weighted by Crippen LogP contribution is 2.14. The van der Waals surface area contributed by atoms with Gasteiger partial charge in [-0.05, 0) is 20.8 Å². The van der Waals surface area contributed by atoms with E-state index in [1.54, 1.807) is 16.6 Å². The Balaban J connectivity index is 2.96. The van der Waals surface area contributed by atoms with Gasteiger partial charge in [0.2, 0.25) is 0 Å². The van der Waals surface area contributed by atoms with Crippen molar-refractivity contribution in [3.05, 3.63) is 17.0 Å². The molecule has 5 nitrogen and oxygen atoms in total. The van der Waals surface area contributed by atoms with Crippen molar-refractivity contribution in [2.75, 3.05) is 13.6 Å². The van der Waals surface area contributed by atoms with Gasteiger partial charge in [0.1, 0.15) is 0 Å². The van der Waals surface area contributed by atoms with Gasteiger partial charge in [-0.25, -0.2) is 0 Å². The number of likely N-dealkylation sites (N-methyl/N-ethyl adjacent to an activating group) is 1. The first-order valence-electron chi connectivity index (χ1n) is 5.35. The summed E-state index contributed by atoms with van der Waals surface area (Å²) in [6.07, 6.45) is 0. The summed E-state index contributed by atoms with van der Waals surface area (Å²) in [5, 5.41) is 4.23. The zero-order valence-electron chi connectivity index (χ0n) is 10.6. The van der Waals surface area contributed by atoms with E-state index < -0.39 is 0 Å². The van der Waals surface area contributed by atoms with Crippen LogP contribution in [0.4, 0.5) is 0 Å². The van der Waals surface area contributed by atoms with E-state index in [0.29, 0.717) is 12.1 Å². The molecule has 0 spiro atoms. The zero-order valence-corrected chi connectivity index (χ0v) is 10.6. The maximum absolute atomic E-state index is 12.2. The summed E-state index contributed by atoms with van der Waals surface area (Å²) in [7, 11) is 3.60. The second-order valence-electron chi connectivity index (χ2n) is 4.33. The molecule has 0 aliphatic carbocycles. The molecule has 0 aliphatic heterocycles. The molecule has 1 atom stereocenters. The van der Waals surface area contributed by atoms with Crippen LogP contribution < -0.4 is 5.73 Å². The fourth-order valence-electron chi connectivity index (χ4n) is 1.79. The van der Waals surface area contributed by atoms with E-state index in [0.717, 1.165) is 11.4 Å². The Morgan fingerprint density at radius 1 is 1.56 bits per heavy atom. The van der Waals surface area contributed by atoms with Gasteiger partial charge in [0.05, 0.1) is 11.3 Å². The van der Waals surface area contributed by atoms with Gasteiger partial charge in [0.15, 0.2) is 0 Å². The number of nitrogens with zero attached hydrogens (tertiary/aromatic N) is 3. The summed E-state index contributed by atoms with van der Waals surface area (Å²) in [5.74, 6) is -0.0135. The average Bonchev–Trinajstić information content (AvgIpc) is 2.39. The molecule has 5 heteroatoms. The molecule has 0 radical (unpaired) electrons. The van der Waals surface area contributed by atoms with E-state index in [9.17, 15) is 4.79 Å². The van der Waals surface area contributed by atoms with Gasteiger partial charge in [0, 0.05) is 32.4 Å². The zero-order chi connectivity index (χ0) is 12.5. The van der Waals surface area contributed by atoms with Crippen LogP contribution in [-0.4, -0.2) is 40.2 Å². The molecule has 0 fully saturated rings. The van der Waals surface area contributed by atoms with Crippen LogP contribution in [0.15, 0.2) is 0 Å². The van der Waals surface area contributed by atoms with Gasteiger partial charge < -0.3 is 10.6 Å². The van der Waals surface area contributed by atoms with Crippen molar-refractivity contribution in [2.24, 2.45) is 12.8 Å². The maximum Gasteiger partial charge on any atom is 0.257 e. The maximum atomic E-state index is 12.2. The van der Waals surface area contributed by atoms with Crippen LogP contribution in [0.25, 0.3) is 0 Å². The third-order valence-electron chi connectivity index (χ3n) is 2.63. The fourth-order valence-corrected chi connectivity index (χ4v) is 1.79. The molecular formula is C11H20N4O. The highest BCUT2D eigenvalue weighted by Gasteiger charge is 2.20. The van der Waals surface area contributed by atoms with Crippen LogP contribution in [0.5, 0.6) is 0 Å². The normalized spacial score (nSPS) is 12.6. The number of carbonyl (C=O) groups is 1. The first-order valence-corrected chi connectivity index (χ1v) is 5.35. The van der Waals surface area contributed by atoms with E-state index in [-0.39, 0.29) is 11.9 Å². The van der Waals surface area contributed by atoms with Crippen LogP contribution in [0.1, 0.15) is 28.7 Å². The van der Waals surface area contributed by atoms with Crippen LogP contribution in [0.3, 0.4) is 0 Å².